The molecule has 0 saturated heterocycles. The molecular weight excluding hydrogens is 270 g/mol. The van der Waals surface area contributed by atoms with Crippen LogP contribution in [0, 0.1) is 18.3 Å². The Morgan fingerprint density at radius 3 is 2.57 bits per heavy atom. The molecule has 0 saturated carbocycles. The molecule has 0 spiro atoms. The van der Waals surface area contributed by atoms with Gasteiger partial charge in [-0.2, -0.15) is 5.26 Å². The number of aromatic hydroxyl groups is 1. The number of nitrogens with zero attached hydrogens (tertiary/aromatic N) is 2. The van der Waals surface area contributed by atoms with Crippen molar-refractivity contribution in [3.8, 4) is 17.6 Å². The molecule has 0 fully saturated rings. The first-order chi connectivity index (χ1) is 9.88. The fourth-order valence-corrected chi connectivity index (χ4v) is 2.27. The second-order valence-electron chi connectivity index (χ2n) is 5.07. The quantitative estimate of drug-likeness (QED) is 0.874. The van der Waals surface area contributed by atoms with Gasteiger partial charge in [0.1, 0.15) is 6.07 Å². The highest BCUT2D eigenvalue weighted by molar-refractivity contribution is 5.54. The van der Waals surface area contributed by atoms with E-state index in [9.17, 15) is 20.0 Å². The van der Waals surface area contributed by atoms with Crippen molar-refractivity contribution in [3.05, 3.63) is 55.7 Å². The number of benzene rings is 1. The van der Waals surface area contributed by atoms with Crippen molar-refractivity contribution in [1.29, 1.82) is 5.26 Å². The van der Waals surface area contributed by atoms with Crippen LogP contribution in [0.3, 0.4) is 0 Å². The van der Waals surface area contributed by atoms with Crippen LogP contribution in [0.2, 0.25) is 0 Å². The van der Waals surface area contributed by atoms with E-state index in [-0.39, 0.29) is 22.7 Å². The molecule has 1 aromatic carbocycles. The minimum atomic E-state index is -0.774. The van der Waals surface area contributed by atoms with E-state index in [2.05, 4.69) is 4.98 Å². The summed E-state index contributed by atoms with van der Waals surface area (Å²) in [6.07, 6.45) is 0. The van der Waals surface area contributed by atoms with Crippen molar-refractivity contribution < 1.29 is 5.11 Å². The van der Waals surface area contributed by atoms with Crippen LogP contribution in [0.5, 0.6) is 5.88 Å². The zero-order chi connectivity index (χ0) is 15.7. The van der Waals surface area contributed by atoms with Gasteiger partial charge in [0.2, 0.25) is 5.88 Å². The molecule has 0 amide bonds. The van der Waals surface area contributed by atoms with Crippen LogP contribution in [0.25, 0.3) is 5.69 Å². The molecule has 0 atom stereocenters. The van der Waals surface area contributed by atoms with Crippen molar-refractivity contribution in [2.45, 2.75) is 26.7 Å². The predicted molar refractivity (Wildman–Crippen MR) is 77.9 cm³/mol. The van der Waals surface area contributed by atoms with Gasteiger partial charge in [0.05, 0.1) is 16.8 Å². The number of aryl methyl sites for hydroxylation is 1. The topological polar surface area (TPSA) is 98.9 Å². The van der Waals surface area contributed by atoms with Crippen LogP contribution >= 0.6 is 0 Å². The number of nitrogens with one attached hydrogen (secondary N) is 1. The smallest absolute Gasteiger partial charge is 0.335 e. The normalized spacial score (nSPS) is 10.6. The molecule has 108 valence electrons. The molecular formula is C15H15N3O3. The number of hydrogen-bond acceptors (Lipinski definition) is 4. The maximum absolute atomic E-state index is 12.1. The number of nitriles is 1. The highest BCUT2D eigenvalue weighted by Gasteiger charge is 2.20. The number of aromatic amines is 1. The lowest BCUT2D eigenvalue weighted by Gasteiger charge is -2.14. The van der Waals surface area contributed by atoms with E-state index >= 15 is 0 Å². The van der Waals surface area contributed by atoms with Crippen molar-refractivity contribution >= 4 is 0 Å². The molecule has 0 bridgehead atoms. The van der Waals surface area contributed by atoms with Gasteiger partial charge in [-0.05, 0) is 24.5 Å². The molecule has 0 aliphatic rings. The molecule has 2 rings (SSSR count). The first-order valence-electron chi connectivity index (χ1n) is 6.46. The SMILES string of the molecule is Cc1cccc(-n2c(O)c(C(C)C)c(=O)[nH]c2=O)c1C#N. The van der Waals surface area contributed by atoms with Gasteiger partial charge in [-0.3, -0.25) is 9.78 Å². The Labute approximate surface area is 120 Å². The average molecular weight is 285 g/mol. The minimum Gasteiger partial charge on any atom is -0.494 e. The number of rotatable bonds is 2. The molecule has 0 aliphatic heterocycles. The summed E-state index contributed by atoms with van der Waals surface area (Å²) in [5, 5.41) is 19.6. The standard InChI is InChI=1S/C15H15N3O3/c1-8(2)12-13(19)17-15(21)18(14(12)20)11-6-4-5-9(3)10(11)7-16/h4-6,8,20H,1-3H3,(H,17,19,21). The van der Waals surface area contributed by atoms with Crippen LogP contribution in [0.4, 0.5) is 0 Å². The van der Waals surface area contributed by atoms with Crippen LogP contribution < -0.4 is 11.2 Å². The number of hydrogen-bond donors (Lipinski definition) is 2. The van der Waals surface area contributed by atoms with E-state index in [1.54, 1.807) is 39.0 Å². The molecule has 6 heteroatoms. The van der Waals surface area contributed by atoms with Gasteiger partial charge >= 0.3 is 5.69 Å². The Bertz CT molecular complexity index is 854. The fraction of sp³-hybridized carbons (Fsp3) is 0.267. The van der Waals surface area contributed by atoms with E-state index in [0.717, 1.165) is 4.57 Å². The maximum Gasteiger partial charge on any atom is 0.335 e. The molecule has 21 heavy (non-hydrogen) atoms. The number of H-pyrrole nitrogens is 1. The van der Waals surface area contributed by atoms with E-state index in [1.165, 1.54) is 0 Å². The van der Waals surface area contributed by atoms with Gasteiger partial charge in [-0.25, -0.2) is 9.36 Å². The molecule has 0 unspecified atom stereocenters. The fourth-order valence-electron chi connectivity index (χ4n) is 2.27. The summed E-state index contributed by atoms with van der Waals surface area (Å²) in [6.45, 7) is 5.21. The highest BCUT2D eigenvalue weighted by Crippen LogP contribution is 2.25. The zero-order valence-electron chi connectivity index (χ0n) is 12.0. The Balaban J connectivity index is 2.93. The average Bonchev–Trinajstić information content (AvgIpc) is 2.37. The highest BCUT2D eigenvalue weighted by atomic mass is 16.3. The molecule has 1 aromatic heterocycles. The van der Waals surface area contributed by atoms with E-state index < -0.39 is 17.1 Å². The zero-order valence-corrected chi connectivity index (χ0v) is 12.0. The lowest BCUT2D eigenvalue weighted by molar-refractivity contribution is 0.419. The van der Waals surface area contributed by atoms with Crippen molar-refractivity contribution in [3.63, 3.8) is 0 Å². The summed E-state index contributed by atoms with van der Waals surface area (Å²) in [5.74, 6) is -0.697. The summed E-state index contributed by atoms with van der Waals surface area (Å²) in [6, 6.07) is 6.98. The monoisotopic (exact) mass is 285 g/mol. The second-order valence-corrected chi connectivity index (χ2v) is 5.07. The molecule has 2 aromatic rings. The van der Waals surface area contributed by atoms with Crippen LogP contribution in [0.15, 0.2) is 27.8 Å². The maximum atomic E-state index is 12.1. The van der Waals surface area contributed by atoms with Gasteiger partial charge in [-0.1, -0.05) is 26.0 Å². The predicted octanol–water partition coefficient (Wildman–Crippen LogP) is 1.53. The van der Waals surface area contributed by atoms with Gasteiger partial charge in [0, 0.05) is 0 Å². The summed E-state index contributed by atoms with van der Waals surface area (Å²) in [7, 11) is 0. The largest absolute Gasteiger partial charge is 0.494 e. The van der Waals surface area contributed by atoms with Crippen LogP contribution in [-0.2, 0) is 0 Å². The van der Waals surface area contributed by atoms with E-state index in [0.29, 0.717) is 5.56 Å². The van der Waals surface area contributed by atoms with Gasteiger partial charge < -0.3 is 5.11 Å². The van der Waals surface area contributed by atoms with Crippen LogP contribution in [0.1, 0.15) is 36.5 Å². The Hall–Kier alpha value is -2.81. The molecule has 0 radical (unpaired) electrons. The second kappa shape index (κ2) is 5.29. The Morgan fingerprint density at radius 1 is 1.33 bits per heavy atom. The molecule has 6 nitrogen and oxygen atoms in total. The van der Waals surface area contributed by atoms with E-state index in [4.69, 9.17) is 0 Å². The summed E-state index contributed by atoms with van der Waals surface area (Å²) >= 11 is 0. The van der Waals surface area contributed by atoms with Gasteiger partial charge in [-0.15, -0.1) is 0 Å². The van der Waals surface area contributed by atoms with Crippen LogP contribution in [-0.4, -0.2) is 14.7 Å². The lowest BCUT2D eigenvalue weighted by Crippen LogP contribution is -2.32. The molecule has 2 N–H and O–H groups in total. The molecule has 0 aliphatic carbocycles. The third kappa shape index (κ3) is 2.34. The minimum absolute atomic E-state index is 0.111. The summed E-state index contributed by atoms with van der Waals surface area (Å²) in [5.41, 5.74) is -0.0766. The van der Waals surface area contributed by atoms with E-state index in [1.807, 2.05) is 6.07 Å². The third-order valence-corrected chi connectivity index (χ3v) is 3.30. The van der Waals surface area contributed by atoms with Gasteiger partial charge in [0.25, 0.3) is 5.56 Å². The Morgan fingerprint density at radius 2 is 2.00 bits per heavy atom. The first kappa shape index (κ1) is 14.6. The Kier molecular flexibility index (Phi) is 3.68. The summed E-state index contributed by atoms with van der Waals surface area (Å²) < 4.78 is 0.961. The summed E-state index contributed by atoms with van der Waals surface area (Å²) in [4.78, 5) is 26.0. The van der Waals surface area contributed by atoms with Crippen molar-refractivity contribution in [2.24, 2.45) is 0 Å². The van der Waals surface area contributed by atoms with Crippen molar-refractivity contribution in [2.75, 3.05) is 0 Å². The van der Waals surface area contributed by atoms with Gasteiger partial charge in [0.15, 0.2) is 0 Å². The first-order valence-corrected chi connectivity index (χ1v) is 6.46. The number of aromatic nitrogens is 2. The molecule has 1 heterocycles. The van der Waals surface area contributed by atoms with Crippen molar-refractivity contribution in [1.82, 2.24) is 9.55 Å². The lowest BCUT2D eigenvalue weighted by atomic mass is 10.1. The third-order valence-electron chi connectivity index (χ3n) is 3.30.